The van der Waals surface area contributed by atoms with Crippen LogP contribution in [0.2, 0.25) is 0 Å². The highest BCUT2D eigenvalue weighted by Gasteiger charge is 2.54. The average molecular weight is 557 g/mol. The predicted molar refractivity (Wildman–Crippen MR) is 153 cm³/mol. The normalized spacial score (nSPS) is 16.3. The van der Waals surface area contributed by atoms with Crippen LogP contribution >= 0.6 is 0 Å². The number of aromatic nitrogens is 1. The van der Waals surface area contributed by atoms with Crippen molar-refractivity contribution in [1.82, 2.24) is 9.88 Å². The van der Waals surface area contributed by atoms with Crippen LogP contribution in [-0.4, -0.2) is 51.4 Å². The lowest BCUT2D eigenvalue weighted by atomic mass is 9.80. The number of carbonyl (C=O) groups excluding carboxylic acids is 3. The van der Waals surface area contributed by atoms with E-state index in [4.69, 9.17) is 4.74 Å². The number of carbonyl (C=O) groups is 4. The van der Waals surface area contributed by atoms with Gasteiger partial charge in [-0.15, -0.1) is 0 Å². The van der Waals surface area contributed by atoms with Gasteiger partial charge in [0.1, 0.15) is 6.04 Å². The van der Waals surface area contributed by atoms with Crippen molar-refractivity contribution in [3.8, 4) is 0 Å². The predicted octanol–water partition coefficient (Wildman–Crippen LogP) is 4.95. The third kappa shape index (κ3) is 7.66. The van der Waals surface area contributed by atoms with E-state index in [1.165, 1.54) is 6.20 Å². The maximum atomic E-state index is 13.4. The van der Waals surface area contributed by atoms with Crippen LogP contribution in [0.5, 0.6) is 0 Å². The van der Waals surface area contributed by atoms with Gasteiger partial charge in [-0.3, -0.25) is 24.3 Å². The smallest absolute Gasteiger partial charge is 0.327 e. The topological polar surface area (TPSA) is 114 Å². The monoisotopic (exact) mass is 556 g/mol. The number of pyridine rings is 1. The van der Waals surface area contributed by atoms with Crippen molar-refractivity contribution in [2.75, 3.05) is 6.61 Å². The molecule has 0 spiro atoms. The number of β-lactam (4-membered cyclic amide) rings is 1. The van der Waals surface area contributed by atoms with Crippen LogP contribution in [0.15, 0.2) is 79.0 Å². The minimum absolute atomic E-state index is 0.00639. The number of esters is 1. The summed E-state index contributed by atoms with van der Waals surface area (Å²) in [5.74, 6) is -3.83. The zero-order valence-electron chi connectivity index (χ0n) is 23.3. The van der Waals surface area contributed by atoms with E-state index in [1.807, 2.05) is 60.7 Å². The molecule has 1 N–H and O–H groups in total. The van der Waals surface area contributed by atoms with E-state index < -0.39 is 29.7 Å². The number of carboxylic acids is 1. The van der Waals surface area contributed by atoms with E-state index in [2.05, 4.69) is 11.9 Å². The van der Waals surface area contributed by atoms with Crippen molar-refractivity contribution in [1.29, 1.82) is 0 Å². The number of benzene rings is 2. The summed E-state index contributed by atoms with van der Waals surface area (Å²) in [5, 5.41) is 9.98. The van der Waals surface area contributed by atoms with Crippen molar-refractivity contribution >= 4 is 23.8 Å². The first-order chi connectivity index (χ1) is 19.9. The van der Waals surface area contributed by atoms with Gasteiger partial charge in [-0.25, -0.2) is 4.79 Å². The van der Waals surface area contributed by atoms with Crippen molar-refractivity contribution in [3.05, 3.63) is 101 Å². The Balaban J connectivity index is 1.41. The van der Waals surface area contributed by atoms with E-state index in [-0.39, 0.29) is 31.1 Å². The van der Waals surface area contributed by atoms with Crippen molar-refractivity contribution in [3.63, 3.8) is 0 Å². The van der Waals surface area contributed by atoms with Gasteiger partial charge in [0.25, 0.3) is 0 Å². The second kappa shape index (κ2) is 14.3. The van der Waals surface area contributed by atoms with Crippen LogP contribution in [0, 0.1) is 5.92 Å². The molecule has 214 valence electrons. The molecule has 1 fully saturated rings. The largest absolute Gasteiger partial charge is 0.480 e. The van der Waals surface area contributed by atoms with E-state index in [9.17, 15) is 24.3 Å². The van der Waals surface area contributed by atoms with Crippen LogP contribution < -0.4 is 0 Å². The fourth-order valence-corrected chi connectivity index (χ4v) is 5.30. The highest BCUT2D eigenvalue weighted by molar-refractivity contribution is 6.08. The second-order valence-electron chi connectivity index (χ2n) is 10.4. The molecule has 2 amide bonds. The molecule has 2 atom stereocenters. The summed E-state index contributed by atoms with van der Waals surface area (Å²) in [6, 6.07) is 21.1. The molecule has 2 aromatic carbocycles. The highest BCUT2D eigenvalue weighted by Crippen LogP contribution is 2.35. The first-order valence-corrected chi connectivity index (χ1v) is 14.2. The summed E-state index contributed by atoms with van der Waals surface area (Å²) in [7, 11) is 0. The second-order valence-corrected chi connectivity index (χ2v) is 10.4. The number of carboxylic acid groups (broad SMARTS) is 1. The molecule has 0 aliphatic carbocycles. The van der Waals surface area contributed by atoms with E-state index >= 15 is 0 Å². The summed E-state index contributed by atoms with van der Waals surface area (Å²) in [4.78, 5) is 56.2. The Morgan fingerprint density at radius 2 is 1.61 bits per heavy atom. The van der Waals surface area contributed by atoms with Crippen LogP contribution in [0.25, 0.3) is 0 Å². The van der Waals surface area contributed by atoms with Crippen LogP contribution in [-0.2, 0) is 36.8 Å². The molecule has 1 aliphatic rings. The molecule has 0 bridgehead atoms. The van der Waals surface area contributed by atoms with E-state index in [1.54, 1.807) is 12.1 Å². The number of amides is 2. The molecule has 1 saturated heterocycles. The summed E-state index contributed by atoms with van der Waals surface area (Å²) >= 11 is 0. The quantitative estimate of drug-likeness (QED) is 0.170. The van der Waals surface area contributed by atoms with Gasteiger partial charge in [0.15, 0.2) is 0 Å². The van der Waals surface area contributed by atoms with Gasteiger partial charge in [-0.05, 0) is 41.7 Å². The molecule has 1 aromatic heterocycles. The Morgan fingerprint density at radius 3 is 2.22 bits per heavy atom. The molecule has 0 radical (unpaired) electrons. The molecular weight excluding hydrogens is 520 g/mol. The number of rotatable bonds is 14. The average Bonchev–Trinajstić information content (AvgIpc) is 2.98. The number of unbranched alkanes of at least 4 members (excludes halogenated alkanes) is 3. The van der Waals surface area contributed by atoms with Gasteiger partial charge >= 0.3 is 11.9 Å². The van der Waals surface area contributed by atoms with Gasteiger partial charge in [-0.1, -0.05) is 86.8 Å². The van der Waals surface area contributed by atoms with Crippen molar-refractivity contribution in [2.45, 2.75) is 63.8 Å². The van der Waals surface area contributed by atoms with E-state index in [0.29, 0.717) is 17.9 Å². The summed E-state index contributed by atoms with van der Waals surface area (Å²) < 4.78 is 5.29. The molecule has 0 unspecified atom stereocenters. The maximum Gasteiger partial charge on any atom is 0.327 e. The van der Waals surface area contributed by atoms with Crippen LogP contribution in [0.4, 0.5) is 0 Å². The Morgan fingerprint density at radius 1 is 0.951 bits per heavy atom. The molecule has 0 saturated carbocycles. The van der Waals surface area contributed by atoms with Crippen LogP contribution in [0.3, 0.4) is 0 Å². The summed E-state index contributed by atoms with van der Waals surface area (Å²) in [5.41, 5.74) is 2.98. The van der Waals surface area contributed by atoms with E-state index in [0.717, 1.165) is 41.7 Å². The minimum atomic E-state index is -1.26. The minimum Gasteiger partial charge on any atom is -0.480 e. The first-order valence-electron chi connectivity index (χ1n) is 14.2. The summed E-state index contributed by atoms with van der Waals surface area (Å²) in [6.45, 7) is 2.48. The van der Waals surface area contributed by atoms with Gasteiger partial charge < -0.3 is 9.84 Å². The fraction of sp³-hybridized carbons (Fsp3) is 0.364. The Hall–Kier alpha value is -4.33. The Kier molecular flexibility index (Phi) is 10.4. The molecular formula is C33H36N2O6. The number of hydrogen-bond acceptors (Lipinski definition) is 6. The molecule has 1 aliphatic heterocycles. The lowest BCUT2D eigenvalue weighted by Crippen LogP contribution is -2.66. The third-order valence-electron chi connectivity index (χ3n) is 7.44. The molecule has 41 heavy (non-hydrogen) atoms. The molecule has 3 aromatic rings. The summed E-state index contributed by atoms with van der Waals surface area (Å²) in [6.07, 6.45) is 5.65. The Labute approximate surface area is 240 Å². The Bertz CT molecular complexity index is 1300. The lowest BCUT2D eigenvalue weighted by Gasteiger charge is -2.43. The lowest BCUT2D eigenvalue weighted by molar-refractivity contribution is -0.177. The number of hydrogen-bond donors (Lipinski definition) is 1. The SMILES string of the molecule is CCCCCCOC(=O)Cc1cc(C[C@H]2C(=O)N(C(=O)CC(c3ccccc3)c3ccccc3)[C@@H]2C(=O)O)ccn1. The third-order valence-corrected chi connectivity index (χ3v) is 7.44. The molecule has 8 nitrogen and oxygen atoms in total. The zero-order chi connectivity index (χ0) is 29.2. The van der Waals surface area contributed by atoms with Crippen molar-refractivity contribution < 1.29 is 29.0 Å². The number of nitrogens with zero attached hydrogens (tertiary/aromatic N) is 2. The van der Waals surface area contributed by atoms with Crippen LogP contribution in [0.1, 0.15) is 67.3 Å². The number of ether oxygens (including phenoxy) is 1. The van der Waals surface area contributed by atoms with Gasteiger partial charge in [0, 0.05) is 18.5 Å². The first kappa shape index (κ1) is 29.6. The standard InChI is InChI=1S/C33H36N2O6/c1-2-3-4-11-18-41-30(37)21-26-19-23(16-17-34-26)20-28-31(33(39)40)35(32(28)38)29(36)22-27(24-12-7-5-8-13-24)25-14-9-6-10-15-25/h5-10,12-17,19,27-28,31H,2-4,11,18,20-22H2,1H3,(H,39,40)/t28-,31+/m1/s1. The molecule has 2 heterocycles. The number of imide groups is 1. The fourth-order valence-electron chi connectivity index (χ4n) is 5.30. The van der Waals surface area contributed by atoms with Gasteiger partial charge in [-0.2, -0.15) is 0 Å². The molecule has 8 heteroatoms. The molecule has 4 rings (SSSR count). The van der Waals surface area contributed by atoms with Gasteiger partial charge in [0.2, 0.25) is 11.8 Å². The zero-order valence-corrected chi connectivity index (χ0v) is 23.3. The number of likely N-dealkylation sites (tertiary alicyclic amines) is 1. The number of aliphatic carboxylic acids is 1. The van der Waals surface area contributed by atoms with Crippen molar-refractivity contribution in [2.24, 2.45) is 5.92 Å². The highest BCUT2D eigenvalue weighted by atomic mass is 16.5. The van der Waals surface area contributed by atoms with Gasteiger partial charge in [0.05, 0.1) is 24.6 Å². The maximum absolute atomic E-state index is 13.4.